The molecule has 6 nitrogen and oxygen atoms in total. The first-order valence-corrected chi connectivity index (χ1v) is 7.67. The standard InChI is InChI=1S/C16H25N3O3/c1-10(8-13-11(2)17-18(5)12(13)3)14(20)19-7-6-16(4,9-19)15(21)22/h10H,6-9H2,1-5H3,(H,21,22). The fourth-order valence-corrected chi connectivity index (χ4v) is 3.14. The summed E-state index contributed by atoms with van der Waals surface area (Å²) in [5, 5.41) is 13.7. The lowest BCUT2D eigenvalue weighted by molar-refractivity contribution is -0.147. The minimum atomic E-state index is -0.825. The summed E-state index contributed by atoms with van der Waals surface area (Å²) >= 11 is 0. The van der Waals surface area contributed by atoms with E-state index in [0.717, 1.165) is 17.0 Å². The predicted molar refractivity (Wildman–Crippen MR) is 82.5 cm³/mol. The second-order valence-corrected chi connectivity index (χ2v) is 6.75. The molecule has 0 aromatic carbocycles. The maximum absolute atomic E-state index is 12.6. The average molecular weight is 307 g/mol. The van der Waals surface area contributed by atoms with Gasteiger partial charge in [-0.15, -0.1) is 0 Å². The van der Waals surface area contributed by atoms with Crippen molar-refractivity contribution in [3.05, 3.63) is 17.0 Å². The van der Waals surface area contributed by atoms with Crippen LogP contribution in [-0.4, -0.2) is 44.8 Å². The van der Waals surface area contributed by atoms with E-state index in [1.165, 1.54) is 0 Å². The molecule has 1 N–H and O–H groups in total. The van der Waals surface area contributed by atoms with Crippen molar-refractivity contribution in [2.45, 2.75) is 40.5 Å². The van der Waals surface area contributed by atoms with E-state index in [2.05, 4.69) is 5.10 Å². The second-order valence-electron chi connectivity index (χ2n) is 6.75. The van der Waals surface area contributed by atoms with Gasteiger partial charge in [-0.2, -0.15) is 5.10 Å². The van der Waals surface area contributed by atoms with Crippen molar-refractivity contribution in [2.24, 2.45) is 18.4 Å². The zero-order valence-electron chi connectivity index (χ0n) is 14.0. The number of hydrogen-bond donors (Lipinski definition) is 1. The first-order valence-electron chi connectivity index (χ1n) is 7.67. The Morgan fingerprint density at radius 1 is 1.41 bits per heavy atom. The molecule has 2 unspecified atom stereocenters. The molecule has 22 heavy (non-hydrogen) atoms. The SMILES string of the molecule is Cc1nn(C)c(C)c1CC(C)C(=O)N1CCC(C)(C(=O)O)C1. The third-order valence-electron chi connectivity index (χ3n) is 4.89. The number of nitrogens with zero attached hydrogens (tertiary/aromatic N) is 3. The van der Waals surface area contributed by atoms with Gasteiger partial charge >= 0.3 is 5.97 Å². The summed E-state index contributed by atoms with van der Waals surface area (Å²) < 4.78 is 1.83. The zero-order chi connectivity index (χ0) is 16.7. The van der Waals surface area contributed by atoms with Crippen LogP contribution in [-0.2, 0) is 23.1 Å². The monoisotopic (exact) mass is 307 g/mol. The molecule has 0 saturated carbocycles. The van der Waals surface area contributed by atoms with Crippen LogP contribution in [0.15, 0.2) is 0 Å². The number of aromatic nitrogens is 2. The predicted octanol–water partition coefficient (Wildman–Crippen LogP) is 1.54. The Balaban J connectivity index is 2.06. The largest absolute Gasteiger partial charge is 0.481 e. The van der Waals surface area contributed by atoms with Crippen LogP contribution < -0.4 is 0 Å². The molecule has 1 saturated heterocycles. The van der Waals surface area contributed by atoms with E-state index in [0.29, 0.717) is 25.9 Å². The number of aryl methyl sites for hydroxylation is 2. The molecule has 6 heteroatoms. The molecule has 1 amide bonds. The highest BCUT2D eigenvalue weighted by Gasteiger charge is 2.42. The Bertz CT molecular complexity index is 608. The Kier molecular flexibility index (Phi) is 4.31. The van der Waals surface area contributed by atoms with E-state index in [-0.39, 0.29) is 11.8 Å². The topological polar surface area (TPSA) is 75.4 Å². The van der Waals surface area contributed by atoms with Gasteiger partial charge in [-0.1, -0.05) is 6.92 Å². The Hall–Kier alpha value is -1.85. The van der Waals surface area contributed by atoms with Crippen molar-refractivity contribution in [1.29, 1.82) is 0 Å². The highest BCUT2D eigenvalue weighted by Crippen LogP contribution is 2.31. The molecule has 1 aliphatic rings. The van der Waals surface area contributed by atoms with Crippen LogP contribution in [0.3, 0.4) is 0 Å². The van der Waals surface area contributed by atoms with E-state index in [9.17, 15) is 14.7 Å². The van der Waals surface area contributed by atoms with Gasteiger partial charge in [0.2, 0.25) is 5.91 Å². The molecule has 0 bridgehead atoms. The number of aliphatic carboxylic acids is 1. The second kappa shape index (κ2) is 5.74. The average Bonchev–Trinajstić information content (AvgIpc) is 2.95. The summed E-state index contributed by atoms with van der Waals surface area (Å²) in [5.41, 5.74) is 2.34. The fourth-order valence-electron chi connectivity index (χ4n) is 3.14. The first kappa shape index (κ1) is 16.5. The number of carboxylic acids is 1. The smallest absolute Gasteiger partial charge is 0.311 e. The van der Waals surface area contributed by atoms with Gasteiger partial charge in [-0.05, 0) is 39.2 Å². The lowest BCUT2D eigenvalue weighted by Gasteiger charge is -2.23. The molecule has 122 valence electrons. The lowest BCUT2D eigenvalue weighted by Crippen LogP contribution is -2.38. The van der Waals surface area contributed by atoms with Gasteiger partial charge in [-0.3, -0.25) is 14.3 Å². The van der Waals surface area contributed by atoms with E-state index in [1.807, 2.05) is 32.5 Å². The van der Waals surface area contributed by atoms with Crippen LogP contribution in [0, 0.1) is 25.2 Å². The third-order valence-corrected chi connectivity index (χ3v) is 4.89. The molecule has 0 radical (unpaired) electrons. The van der Waals surface area contributed by atoms with Crippen molar-refractivity contribution < 1.29 is 14.7 Å². The summed E-state index contributed by atoms with van der Waals surface area (Å²) in [6.45, 7) is 8.40. The fraction of sp³-hybridized carbons (Fsp3) is 0.688. The quantitative estimate of drug-likeness (QED) is 0.915. The van der Waals surface area contributed by atoms with Gasteiger partial charge in [0.15, 0.2) is 0 Å². The van der Waals surface area contributed by atoms with Gasteiger partial charge in [0.25, 0.3) is 0 Å². The van der Waals surface area contributed by atoms with Gasteiger partial charge in [0.05, 0.1) is 11.1 Å². The van der Waals surface area contributed by atoms with Crippen LogP contribution in [0.2, 0.25) is 0 Å². The number of amides is 1. The van der Waals surface area contributed by atoms with Crippen molar-refractivity contribution in [1.82, 2.24) is 14.7 Å². The molecular weight excluding hydrogens is 282 g/mol. The maximum Gasteiger partial charge on any atom is 0.311 e. The van der Waals surface area contributed by atoms with Crippen molar-refractivity contribution in [3.8, 4) is 0 Å². The van der Waals surface area contributed by atoms with Crippen LogP contribution in [0.25, 0.3) is 0 Å². The highest BCUT2D eigenvalue weighted by molar-refractivity contribution is 5.82. The van der Waals surface area contributed by atoms with Crippen LogP contribution in [0.4, 0.5) is 0 Å². The molecule has 1 aromatic heterocycles. The molecule has 0 aliphatic carbocycles. The molecular formula is C16H25N3O3. The molecule has 1 aliphatic heterocycles. The number of hydrogen-bond acceptors (Lipinski definition) is 3. The number of carbonyl (C=O) groups is 2. The van der Waals surface area contributed by atoms with E-state index >= 15 is 0 Å². The van der Waals surface area contributed by atoms with Crippen LogP contribution >= 0.6 is 0 Å². The summed E-state index contributed by atoms with van der Waals surface area (Å²) in [4.78, 5) is 25.6. The molecule has 2 rings (SSSR count). The normalized spacial score (nSPS) is 22.9. The first-order chi connectivity index (χ1) is 10.2. The Labute approximate surface area is 131 Å². The summed E-state index contributed by atoms with van der Waals surface area (Å²) in [6.07, 6.45) is 1.16. The Morgan fingerprint density at radius 3 is 2.50 bits per heavy atom. The van der Waals surface area contributed by atoms with Crippen LogP contribution in [0.5, 0.6) is 0 Å². The van der Waals surface area contributed by atoms with Crippen molar-refractivity contribution in [2.75, 3.05) is 13.1 Å². The van der Waals surface area contributed by atoms with E-state index in [4.69, 9.17) is 0 Å². The number of likely N-dealkylation sites (tertiary alicyclic amines) is 1. The molecule has 1 aromatic rings. The van der Waals surface area contributed by atoms with Gasteiger partial charge in [0.1, 0.15) is 0 Å². The molecule has 2 heterocycles. The number of rotatable bonds is 4. The van der Waals surface area contributed by atoms with E-state index in [1.54, 1.807) is 11.8 Å². The van der Waals surface area contributed by atoms with Crippen molar-refractivity contribution >= 4 is 11.9 Å². The number of carbonyl (C=O) groups excluding carboxylic acids is 1. The van der Waals surface area contributed by atoms with Gasteiger partial charge in [-0.25, -0.2) is 0 Å². The third kappa shape index (κ3) is 2.87. The molecule has 0 spiro atoms. The molecule has 2 atom stereocenters. The molecule has 1 fully saturated rings. The van der Waals surface area contributed by atoms with Crippen molar-refractivity contribution in [3.63, 3.8) is 0 Å². The number of carboxylic acid groups (broad SMARTS) is 1. The summed E-state index contributed by atoms with van der Waals surface area (Å²) in [7, 11) is 1.90. The van der Waals surface area contributed by atoms with Gasteiger partial charge < -0.3 is 10.0 Å². The van der Waals surface area contributed by atoms with Gasteiger partial charge in [0, 0.05) is 31.7 Å². The zero-order valence-corrected chi connectivity index (χ0v) is 14.0. The minimum absolute atomic E-state index is 0.0348. The maximum atomic E-state index is 12.6. The summed E-state index contributed by atoms with van der Waals surface area (Å²) in [5.74, 6) is -0.959. The Morgan fingerprint density at radius 2 is 2.05 bits per heavy atom. The summed E-state index contributed by atoms with van der Waals surface area (Å²) in [6, 6.07) is 0. The van der Waals surface area contributed by atoms with Crippen LogP contribution in [0.1, 0.15) is 37.2 Å². The highest BCUT2D eigenvalue weighted by atomic mass is 16.4. The minimum Gasteiger partial charge on any atom is -0.481 e. The van der Waals surface area contributed by atoms with E-state index < -0.39 is 11.4 Å². The lowest BCUT2D eigenvalue weighted by atomic mass is 9.90.